The number of aliphatic carboxylic acids is 1. The third-order valence-corrected chi connectivity index (χ3v) is 2.45. The van der Waals surface area contributed by atoms with Crippen molar-refractivity contribution in [3.05, 3.63) is 47.6 Å². The number of benzene rings is 1. The number of rotatable bonds is 3. The standard InChI is InChI=1S/C13H13N3O2/c1-9-14-10(2)16(15-9)12-6-4-3-5-11(12)7-8-13(17)18/h3-8H,1-2H3,(H,17,18)/b8-7+. The van der Waals surface area contributed by atoms with Gasteiger partial charge in [-0.25, -0.2) is 14.5 Å². The van der Waals surface area contributed by atoms with E-state index in [0.29, 0.717) is 5.82 Å². The van der Waals surface area contributed by atoms with E-state index in [2.05, 4.69) is 10.1 Å². The van der Waals surface area contributed by atoms with Gasteiger partial charge >= 0.3 is 5.97 Å². The summed E-state index contributed by atoms with van der Waals surface area (Å²) in [5, 5.41) is 13.0. The van der Waals surface area contributed by atoms with Gasteiger partial charge in [-0.05, 0) is 26.0 Å². The molecule has 0 saturated carbocycles. The van der Waals surface area contributed by atoms with Gasteiger partial charge < -0.3 is 5.11 Å². The van der Waals surface area contributed by atoms with E-state index < -0.39 is 5.97 Å². The van der Waals surface area contributed by atoms with Gasteiger partial charge in [0.15, 0.2) is 0 Å². The molecule has 0 amide bonds. The number of carboxylic acids is 1. The zero-order valence-electron chi connectivity index (χ0n) is 10.2. The molecule has 0 bridgehead atoms. The molecule has 1 aromatic carbocycles. The molecule has 5 nitrogen and oxygen atoms in total. The molecule has 0 atom stereocenters. The fraction of sp³-hybridized carbons (Fsp3) is 0.154. The van der Waals surface area contributed by atoms with Crippen LogP contribution in [0.3, 0.4) is 0 Å². The van der Waals surface area contributed by atoms with Crippen LogP contribution in [0, 0.1) is 13.8 Å². The first kappa shape index (κ1) is 12.0. The Morgan fingerprint density at radius 3 is 2.67 bits per heavy atom. The summed E-state index contributed by atoms with van der Waals surface area (Å²) in [6.45, 7) is 3.68. The van der Waals surface area contributed by atoms with Crippen molar-refractivity contribution in [2.24, 2.45) is 0 Å². The largest absolute Gasteiger partial charge is 0.478 e. The zero-order valence-corrected chi connectivity index (χ0v) is 10.2. The second-order valence-electron chi connectivity index (χ2n) is 3.85. The predicted molar refractivity (Wildman–Crippen MR) is 67.5 cm³/mol. The topological polar surface area (TPSA) is 68.0 Å². The van der Waals surface area contributed by atoms with Crippen LogP contribution in [0.4, 0.5) is 0 Å². The number of carboxylic acid groups (broad SMARTS) is 1. The molecule has 1 N–H and O–H groups in total. The van der Waals surface area contributed by atoms with Crippen LogP contribution in [0.1, 0.15) is 17.2 Å². The summed E-state index contributed by atoms with van der Waals surface area (Å²) >= 11 is 0. The minimum absolute atomic E-state index is 0.685. The number of aromatic nitrogens is 3. The fourth-order valence-corrected chi connectivity index (χ4v) is 1.73. The highest BCUT2D eigenvalue weighted by molar-refractivity contribution is 5.86. The van der Waals surface area contributed by atoms with Crippen LogP contribution in [0.2, 0.25) is 0 Å². The number of nitrogens with zero attached hydrogens (tertiary/aromatic N) is 3. The zero-order chi connectivity index (χ0) is 13.1. The molecule has 0 spiro atoms. The van der Waals surface area contributed by atoms with Crippen molar-refractivity contribution < 1.29 is 9.90 Å². The smallest absolute Gasteiger partial charge is 0.328 e. The highest BCUT2D eigenvalue weighted by atomic mass is 16.4. The van der Waals surface area contributed by atoms with Gasteiger partial charge in [-0.2, -0.15) is 5.10 Å². The molecule has 0 radical (unpaired) electrons. The molecule has 1 heterocycles. The number of hydrogen-bond acceptors (Lipinski definition) is 3. The van der Waals surface area contributed by atoms with Crippen LogP contribution in [0.15, 0.2) is 30.3 Å². The number of aryl methyl sites for hydroxylation is 2. The van der Waals surface area contributed by atoms with E-state index in [1.54, 1.807) is 10.8 Å². The third kappa shape index (κ3) is 2.45. The van der Waals surface area contributed by atoms with Crippen LogP contribution in [-0.2, 0) is 4.79 Å². The molecule has 0 aliphatic heterocycles. The van der Waals surface area contributed by atoms with E-state index in [0.717, 1.165) is 23.2 Å². The molecular weight excluding hydrogens is 230 g/mol. The molecule has 0 unspecified atom stereocenters. The van der Waals surface area contributed by atoms with Crippen molar-refractivity contribution in [1.29, 1.82) is 0 Å². The molecule has 92 valence electrons. The lowest BCUT2D eigenvalue weighted by Gasteiger charge is -2.06. The lowest BCUT2D eigenvalue weighted by atomic mass is 10.1. The number of carbonyl (C=O) groups is 1. The van der Waals surface area contributed by atoms with Gasteiger partial charge in [0, 0.05) is 11.6 Å². The Kier molecular flexibility index (Phi) is 3.23. The maximum Gasteiger partial charge on any atom is 0.328 e. The summed E-state index contributed by atoms with van der Waals surface area (Å²) in [5.41, 5.74) is 1.60. The minimum Gasteiger partial charge on any atom is -0.478 e. The van der Waals surface area contributed by atoms with Crippen LogP contribution in [0.5, 0.6) is 0 Å². The number of para-hydroxylation sites is 1. The van der Waals surface area contributed by atoms with Crippen LogP contribution in [0.25, 0.3) is 11.8 Å². The van der Waals surface area contributed by atoms with Gasteiger partial charge in [0.05, 0.1) is 5.69 Å². The predicted octanol–water partition coefficient (Wildman–Crippen LogP) is 1.98. The Balaban J connectivity index is 2.51. The fourth-order valence-electron chi connectivity index (χ4n) is 1.73. The Morgan fingerprint density at radius 2 is 2.06 bits per heavy atom. The van der Waals surface area contributed by atoms with Crippen molar-refractivity contribution in [3.8, 4) is 5.69 Å². The normalized spacial score (nSPS) is 11.0. The average Bonchev–Trinajstić information content (AvgIpc) is 2.66. The van der Waals surface area contributed by atoms with Crippen molar-refractivity contribution in [3.63, 3.8) is 0 Å². The summed E-state index contributed by atoms with van der Waals surface area (Å²) in [6, 6.07) is 7.45. The van der Waals surface area contributed by atoms with Crippen LogP contribution in [-0.4, -0.2) is 25.8 Å². The quantitative estimate of drug-likeness (QED) is 0.837. The molecule has 0 aliphatic rings. The first-order valence-electron chi connectivity index (χ1n) is 5.48. The summed E-state index contributed by atoms with van der Waals surface area (Å²) in [5.74, 6) is 0.476. The first-order chi connectivity index (χ1) is 8.58. The summed E-state index contributed by atoms with van der Waals surface area (Å²) < 4.78 is 1.71. The average molecular weight is 243 g/mol. The minimum atomic E-state index is -0.976. The maximum absolute atomic E-state index is 10.6. The van der Waals surface area contributed by atoms with E-state index in [4.69, 9.17) is 5.11 Å². The molecule has 18 heavy (non-hydrogen) atoms. The number of hydrogen-bond donors (Lipinski definition) is 1. The molecule has 1 aromatic heterocycles. The Morgan fingerprint density at radius 1 is 1.33 bits per heavy atom. The molecule has 2 aromatic rings. The lowest BCUT2D eigenvalue weighted by molar-refractivity contribution is -0.131. The first-order valence-corrected chi connectivity index (χ1v) is 5.48. The Bertz CT molecular complexity index is 614. The van der Waals surface area contributed by atoms with Gasteiger partial charge in [0.2, 0.25) is 0 Å². The summed E-state index contributed by atoms with van der Waals surface area (Å²) in [4.78, 5) is 14.8. The van der Waals surface area contributed by atoms with Gasteiger partial charge in [-0.15, -0.1) is 0 Å². The van der Waals surface area contributed by atoms with E-state index in [9.17, 15) is 4.79 Å². The van der Waals surface area contributed by atoms with Crippen molar-refractivity contribution >= 4 is 12.0 Å². The Labute approximate surface area is 104 Å². The molecule has 5 heteroatoms. The molecule has 0 saturated heterocycles. The molecule has 0 fully saturated rings. The van der Waals surface area contributed by atoms with Gasteiger partial charge in [0.1, 0.15) is 11.6 Å². The maximum atomic E-state index is 10.6. The summed E-state index contributed by atoms with van der Waals surface area (Å²) in [7, 11) is 0. The van der Waals surface area contributed by atoms with E-state index in [-0.39, 0.29) is 0 Å². The van der Waals surface area contributed by atoms with Gasteiger partial charge in [-0.3, -0.25) is 0 Å². The molecule has 0 aliphatic carbocycles. The SMILES string of the molecule is Cc1nc(C)n(-c2ccccc2/C=C/C(=O)O)n1. The van der Waals surface area contributed by atoms with Crippen molar-refractivity contribution in [2.75, 3.05) is 0 Å². The van der Waals surface area contributed by atoms with Crippen molar-refractivity contribution in [1.82, 2.24) is 14.8 Å². The van der Waals surface area contributed by atoms with E-state index in [1.807, 2.05) is 38.1 Å². The van der Waals surface area contributed by atoms with Gasteiger partial charge in [-0.1, -0.05) is 18.2 Å². The van der Waals surface area contributed by atoms with Gasteiger partial charge in [0.25, 0.3) is 0 Å². The van der Waals surface area contributed by atoms with E-state index in [1.165, 1.54) is 0 Å². The van der Waals surface area contributed by atoms with Crippen molar-refractivity contribution in [2.45, 2.75) is 13.8 Å². The Hall–Kier alpha value is -2.43. The van der Waals surface area contributed by atoms with Crippen LogP contribution < -0.4 is 0 Å². The second kappa shape index (κ2) is 4.83. The molecular formula is C13H13N3O2. The molecule has 2 rings (SSSR count). The lowest BCUT2D eigenvalue weighted by Crippen LogP contribution is -2.01. The van der Waals surface area contributed by atoms with E-state index >= 15 is 0 Å². The highest BCUT2D eigenvalue weighted by Crippen LogP contribution is 2.16. The third-order valence-electron chi connectivity index (χ3n) is 2.45. The summed E-state index contributed by atoms with van der Waals surface area (Å²) in [6.07, 6.45) is 2.66. The second-order valence-corrected chi connectivity index (χ2v) is 3.85. The van der Waals surface area contributed by atoms with Crippen LogP contribution >= 0.6 is 0 Å². The highest BCUT2D eigenvalue weighted by Gasteiger charge is 2.07. The monoisotopic (exact) mass is 243 g/mol.